The predicted octanol–water partition coefficient (Wildman–Crippen LogP) is 2.81. The number of hydrogen-bond donors (Lipinski definition) is 1. The Morgan fingerprint density at radius 1 is 1.04 bits per heavy atom. The molecule has 0 saturated heterocycles. The van der Waals surface area contributed by atoms with E-state index in [1.54, 1.807) is 36.4 Å². The summed E-state index contributed by atoms with van der Waals surface area (Å²) in [6.07, 6.45) is 0.999. The summed E-state index contributed by atoms with van der Waals surface area (Å²) >= 11 is 0. The zero-order valence-electron chi connectivity index (χ0n) is 13.4. The van der Waals surface area contributed by atoms with Gasteiger partial charge in [-0.05, 0) is 47.9 Å². The molecule has 8 heteroatoms. The second-order valence-electron chi connectivity index (χ2n) is 5.56. The Hall–Kier alpha value is -3.00. The number of aromatic nitrogens is 2. The fourth-order valence-corrected chi connectivity index (χ4v) is 2.81. The van der Waals surface area contributed by atoms with Crippen molar-refractivity contribution in [2.75, 3.05) is 6.26 Å². The molecule has 1 N–H and O–H groups in total. The average molecular weight is 358 g/mol. The topological polar surface area (TPSA) is 110 Å². The highest BCUT2D eigenvalue weighted by atomic mass is 32.2. The van der Waals surface area contributed by atoms with E-state index in [2.05, 4.69) is 10.2 Å². The lowest BCUT2D eigenvalue weighted by Gasteiger charge is -2.08. The summed E-state index contributed by atoms with van der Waals surface area (Å²) in [5.74, 6) is -0.854. The van der Waals surface area contributed by atoms with E-state index >= 15 is 0 Å². The van der Waals surface area contributed by atoms with Crippen molar-refractivity contribution < 1.29 is 22.7 Å². The highest BCUT2D eigenvalue weighted by molar-refractivity contribution is 7.90. The van der Waals surface area contributed by atoms with Crippen LogP contribution in [-0.2, 0) is 9.84 Å². The lowest BCUT2D eigenvalue weighted by molar-refractivity contribution is 0.0697. The standard InChI is InChI=1S/C17H14N2O5S/c1-10-9-13(15-18-19-17(24-15)25(2,22)23)7-8-14(10)11-3-5-12(6-4-11)16(20)21/h3-9H,1-2H3,(H,20,21). The molecule has 0 fully saturated rings. The molecule has 3 rings (SSSR count). The monoisotopic (exact) mass is 358 g/mol. The second-order valence-corrected chi connectivity index (χ2v) is 7.45. The van der Waals surface area contributed by atoms with E-state index in [9.17, 15) is 13.2 Å². The molecule has 0 spiro atoms. The first-order valence-corrected chi connectivity index (χ1v) is 9.13. The molecule has 0 aliphatic carbocycles. The summed E-state index contributed by atoms with van der Waals surface area (Å²) in [4.78, 5) is 10.9. The molecule has 0 bridgehead atoms. The number of aromatic carboxylic acids is 1. The van der Waals surface area contributed by atoms with E-state index in [0.717, 1.165) is 22.9 Å². The van der Waals surface area contributed by atoms with Gasteiger partial charge < -0.3 is 9.52 Å². The van der Waals surface area contributed by atoms with E-state index in [1.807, 2.05) is 13.0 Å². The van der Waals surface area contributed by atoms with Gasteiger partial charge in [0.2, 0.25) is 15.7 Å². The zero-order chi connectivity index (χ0) is 18.2. The van der Waals surface area contributed by atoms with E-state index in [1.165, 1.54) is 0 Å². The summed E-state index contributed by atoms with van der Waals surface area (Å²) in [5, 5.41) is 15.8. The molecule has 0 radical (unpaired) electrons. The number of sulfone groups is 1. The second kappa shape index (κ2) is 6.14. The third-order valence-electron chi connectivity index (χ3n) is 3.64. The maximum Gasteiger partial charge on any atom is 0.335 e. The van der Waals surface area contributed by atoms with Crippen LogP contribution in [0.15, 0.2) is 52.1 Å². The number of rotatable bonds is 4. The summed E-state index contributed by atoms with van der Waals surface area (Å²) in [7, 11) is -3.55. The van der Waals surface area contributed by atoms with Crippen molar-refractivity contribution in [3.8, 4) is 22.6 Å². The minimum Gasteiger partial charge on any atom is -0.478 e. The smallest absolute Gasteiger partial charge is 0.335 e. The molecule has 0 unspecified atom stereocenters. The largest absolute Gasteiger partial charge is 0.478 e. The van der Waals surface area contributed by atoms with Crippen molar-refractivity contribution >= 4 is 15.8 Å². The lowest BCUT2D eigenvalue weighted by atomic mass is 9.97. The Kier molecular flexibility index (Phi) is 4.13. The number of aryl methyl sites for hydroxylation is 1. The van der Waals surface area contributed by atoms with Crippen molar-refractivity contribution in [3.63, 3.8) is 0 Å². The van der Waals surface area contributed by atoms with Crippen LogP contribution in [0.3, 0.4) is 0 Å². The number of benzene rings is 2. The van der Waals surface area contributed by atoms with Gasteiger partial charge in [-0.1, -0.05) is 23.3 Å². The van der Waals surface area contributed by atoms with E-state index in [0.29, 0.717) is 5.56 Å². The van der Waals surface area contributed by atoms with Crippen LogP contribution >= 0.6 is 0 Å². The average Bonchev–Trinajstić information content (AvgIpc) is 3.05. The lowest BCUT2D eigenvalue weighted by Crippen LogP contribution is -1.96. The van der Waals surface area contributed by atoms with Gasteiger partial charge in [0.15, 0.2) is 0 Å². The number of nitrogens with zero attached hydrogens (tertiary/aromatic N) is 2. The number of hydrogen-bond acceptors (Lipinski definition) is 6. The normalized spacial score (nSPS) is 11.4. The molecule has 128 valence electrons. The first kappa shape index (κ1) is 16.8. The molecule has 1 aromatic heterocycles. The van der Waals surface area contributed by atoms with Gasteiger partial charge in [0.25, 0.3) is 0 Å². The predicted molar refractivity (Wildman–Crippen MR) is 90.0 cm³/mol. The molecule has 0 amide bonds. The van der Waals surface area contributed by atoms with Crippen molar-refractivity contribution in [1.82, 2.24) is 10.2 Å². The molecule has 0 saturated carbocycles. The highest BCUT2D eigenvalue weighted by Gasteiger charge is 2.18. The van der Waals surface area contributed by atoms with Crippen molar-refractivity contribution in [1.29, 1.82) is 0 Å². The number of carbonyl (C=O) groups is 1. The highest BCUT2D eigenvalue weighted by Crippen LogP contribution is 2.28. The quantitative estimate of drug-likeness (QED) is 0.763. The van der Waals surface area contributed by atoms with Crippen LogP contribution in [-0.4, -0.2) is 35.9 Å². The molecule has 0 aliphatic heterocycles. The molecule has 0 aliphatic rings. The molecular weight excluding hydrogens is 344 g/mol. The molecule has 0 atom stereocenters. The maximum atomic E-state index is 11.4. The first-order valence-electron chi connectivity index (χ1n) is 7.24. The SMILES string of the molecule is Cc1cc(-c2nnc(S(C)(=O)=O)o2)ccc1-c1ccc(C(=O)O)cc1. The van der Waals surface area contributed by atoms with Gasteiger partial charge in [-0.3, -0.25) is 0 Å². The fourth-order valence-electron chi connectivity index (χ4n) is 2.39. The van der Waals surface area contributed by atoms with Crippen LogP contribution in [0.5, 0.6) is 0 Å². The van der Waals surface area contributed by atoms with Crippen LogP contribution in [0.2, 0.25) is 0 Å². The van der Waals surface area contributed by atoms with Gasteiger partial charge in [0.05, 0.1) is 5.56 Å². The van der Waals surface area contributed by atoms with Gasteiger partial charge in [-0.2, -0.15) is 0 Å². The minimum atomic E-state index is -3.55. The molecule has 7 nitrogen and oxygen atoms in total. The Labute approximate surface area is 143 Å². The maximum absolute atomic E-state index is 11.4. The molecule has 25 heavy (non-hydrogen) atoms. The van der Waals surface area contributed by atoms with Crippen molar-refractivity contribution in [3.05, 3.63) is 53.6 Å². The third-order valence-corrected chi connectivity index (χ3v) is 4.44. The van der Waals surface area contributed by atoms with Crippen molar-refractivity contribution in [2.45, 2.75) is 12.1 Å². The fraction of sp³-hybridized carbons (Fsp3) is 0.118. The van der Waals surface area contributed by atoms with Crippen LogP contribution in [0.1, 0.15) is 15.9 Å². The third kappa shape index (κ3) is 3.43. The molecular formula is C17H14N2O5S. The van der Waals surface area contributed by atoms with E-state index in [4.69, 9.17) is 9.52 Å². The molecule has 2 aromatic carbocycles. The van der Waals surface area contributed by atoms with Crippen LogP contribution < -0.4 is 0 Å². The van der Waals surface area contributed by atoms with Gasteiger partial charge in [0.1, 0.15) is 0 Å². The Bertz CT molecular complexity index is 1050. The van der Waals surface area contributed by atoms with Gasteiger partial charge in [0, 0.05) is 11.8 Å². The number of carboxylic acids is 1. The first-order chi connectivity index (χ1) is 11.8. The Morgan fingerprint density at radius 3 is 2.20 bits per heavy atom. The van der Waals surface area contributed by atoms with Crippen LogP contribution in [0.4, 0.5) is 0 Å². The summed E-state index contributed by atoms with van der Waals surface area (Å²) in [6, 6.07) is 11.9. The molecule has 1 heterocycles. The van der Waals surface area contributed by atoms with E-state index in [-0.39, 0.29) is 11.5 Å². The number of carboxylic acid groups (broad SMARTS) is 1. The van der Waals surface area contributed by atoms with Gasteiger partial charge >= 0.3 is 11.2 Å². The zero-order valence-corrected chi connectivity index (χ0v) is 14.2. The Morgan fingerprint density at radius 2 is 1.68 bits per heavy atom. The van der Waals surface area contributed by atoms with Crippen LogP contribution in [0, 0.1) is 6.92 Å². The minimum absolute atomic E-state index is 0.122. The van der Waals surface area contributed by atoms with Crippen LogP contribution in [0.25, 0.3) is 22.6 Å². The van der Waals surface area contributed by atoms with Crippen molar-refractivity contribution in [2.24, 2.45) is 0 Å². The molecule has 3 aromatic rings. The summed E-state index contributed by atoms with van der Waals surface area (Å²) in [5.41, 5.74) is 3.52. The van der Waals surface area contributed by atoms with E-state index < -0.39 is 21.0 Å². The summed E-state index contributed by atoms with van der Waals surface area (Å²) < 4.78 is 28.0. The Balaban J connectivity index is 1.96. The van der Waals surface area contributed by atoms with Gasteiger partial charge in [-0.15, -0.1) is 5.10 Å². The summed E-state index contributed by atoms with van der Waals surface area (Å²) in [6.45, 7) is 1.89. The van der Waals surface area contributed by atoms with Gasteiger partial charge in [-0.25, -0.2) is 13.2 Å².